The van der Waals surface area contributed by atoms with Crippen LogP contribution in [0.15, 0.2) is 0 Å². The van der Waals surface area contributed by atoms with Gasteiger partial charge < -0.3 is 28.8 Å². The molecule has 1 unspecified atom stereocenters. The zero-order valence-electron chi connectivity index (χ0n) is 18.0. The van der Waals surface area contributed by atoms with Crippen LogP contribution in [0.25, 0.3) is 0 Å². The molecular formula is C20H32O10. The van der Waals surface area contributed by atoms with Gasteiger partial charge in [0.15, 0.2) is 30.7 Å². The van der Waals surface area contributed by atoms with E-state index < -0.39 is 54.6 Å². The second-order valence-electron chi connectivity index (χ2n) is 7.10. The van der Waals surface area contributed by atoms with Gasteiger partial charge in [0.05, 0.1) is 6.61 Å². The summed E-state index contributed by atoms with van der Waals surface area (Å²) in [5.74, 6) is -3.24. The highest BCUT2D eigenvalue weighted by Gasteiger charge is 2.54. The average Bonchev–Trinajstić information content (AvgIpc) is 2.64. The highest BCUT2D eigenvalue weighted by molar-refractivity contribution is 5.77. The molecule has 30 heavy (non-hydrogen) atoms. The zero-order valence-corrected chi connectivity index (χ0v) is 18.0. The number of hydrogen-bond donors (Lipinski definition) is 1. The Hall–Kier alpha value is -2.20. The Balaban J connectivity index is 2.86. The molecule has 1 aliphatic heterocycles. The number of aliphatic hydroxyl groups excluding tert-OH is 1. The molecule has 1 heterocycles. The molecule has 10 heteroatoms. The van der Waals surface area contributed by atoms with Crippen LogP contribution in [-0.2, 0) is 42.9 Å². The van der Waals surface area contributed by atoms with Crippen LogP contribution in [0.1, 0.15) is 66.2 Å². The molecule has 0 aromatic carbocycles. The minimum atomic E-state index is -1.79. The van der Waals surface area contributed by atoms with Gasteiger partial charge in [-0.2, -0.15) is 0 Å². The Morgan fingerprint density at radius 1 is 0.767 bits per heavy atom. The van der Waals surface area contributed by atoms with Crippen molar-refractivity contribution in [2.75, 3.05) is 6.61 Å². The molecule has 0 aromatic rings. The van der Waals surface area contributed by atoms with Gasteiger partial charge in [0, 0.05) is 20.8 Å². The first kappa shape index (κ1) is 25.8. The smallest absolute Gasteiger partial charge is 0.339 e. The van der Waals surface area contributed by atoms with Crippen molar-refractivity contribution in [1.29, 1.82) is 0 Å². The Kier molecular flexibility index (Phi) is 11.3. The van der Waals surface area contributed by atoms with Crippen LogP contribution < -0.4 is 0 Å². The van der Waals surface area contributed by atoms with E-state index in [9.17, 15) is 24.3 Å². The van der Waals surface area contributed by atoms with Gasteiger partial charge in [-0.05, 0) is 6.42 Å². The van der Waals surface area contributed by atoms with Gasteiger partial charge in [-0.15, -0.1) is 0 Å². The van der Waals surface area contributed by atoms with E-state index in [4.69, 9.17) is 23.7 Å². The van der Waals surface area contributed by atoms with Gasteiger partial charge >= 0.3 is 23.9 Å². The number of carbonyl (C=O) groups excluding carboxylic acids is 4. The number of esters is 4. The lowest BCUT2D eigenvalue weighted by atomic mass is 9.98. The summed E-state index contributed by atoms with van der Waals surface area (Å²) in [6, 6.07) is 0. The number of unbranched alkanes of at least 4 members (excludes halogenated alkanes) is 5. The first-order chi connectivity index (χ1) is 14.2. The van der Waals surface area contributed by atoms with E-state index in [0.717, 1.165) is 52.9 Å². The summed E-state index contributed by atoms with van der Waals surface area (Å²) in [4.78, 5) is 47.0. The number of carbonyl (C=O) groups is 4. The predicted molar refractivity (Wildman–Crippen MR) is 102 cm³/mol. The fourth-order valence-corrected chi connectivity index (χ4v) is 3.12. The Bertz CT molecular complexity index is 590. The number of ether oxygens (including phenoxy) is 5. The fraction of sp³-hybridized carbons (Fsp3) is 0.800. The molecule has 1 N–H and O–H groups in total. The SMILES string of the molecule is CCCCCCCCOC(=O)[C@H]1OC(O)[C@H](OC(C)=O)[C@@H](OC(C)=O)[C@@H]1OC(C)=O. The number of aliphatic hydroxyl groups is 1. The van der Waals surface area contributed by atoms with E-state index >= 15 is 0 Å². The summed E-state index contributed by atoms with van der Waals surface area (Å²) in [7, 11) is 0. The average molecular weight is 432 g/mol. The van der Waals surface area contributed by atoms with E-state index in [0.29, 0.717) is 6.42 Å². The van der Waals surface area contributed by atoms with Crippen LogP contribution in [0.3, 0.4) is 0 Å². The third kappa shape index (κ3) is 8.66. The normalized spacial score (nSPS) is 25.8. The Labute approximate surface area is 176 Å². The minimum Gasteiger partial charge on any atom is -0.464 e. The summed E-state index contributed by atoms with van der Waals surface area (Å²) in [5.41, 5.74) is 0. The van der Waals surface area contributed by atoms with E-state index in [1.807, 2.05) is 0 Å². The van der Waals surface area contributed by atoms with Crippen molar-refractivity contribution in [3.05, 3.63) is 0 Å². The fourth-order valence-electron chi connectivity index (χ4n) is 3.12. The third-order valence-electron chi connectivity index (χ3n) is 4.39. The first-order valence-corrected chi connectivity index (χ1v) is 10.2. The number of rotatable bonds is 11. The van der Waals surface area contributed by atoms with Crippen molar-refractivity contribution < 1.29 is 48.0 Å². The van der Waals surface area contributed by atoms with Crippen LogP contribution in [0.2, 0.25) is 0 Å². The van der Waals surface area contributed by atoms with Crippen LogP contribution in [0, 0.1) is 0 Å². The molecule has 0 bridgehead atoms. The molecule has 0 radical (unpaired) electrons. The molecule has 172 valence electrons. The molecule has 5 atom stereocenters. The molecule has 0 saturated carbocycles. The molecule has 1 aliphatic rings. The Morgan fingerprint density at radius 3 is 1.83 bits per heavy atom. The largest absolute Gasteiger partial charge is 0.464 e. The minimum absolute atomic E-state index is 0.124. The first-order valence-electron chi connectivity index (χ1n) is 10.2. The molecule has 1 saturated heterocycles. The summed E-state index contributed by atoms with van der Waals surface area (Å²) in [6.45, 7) is 5.51. The van der Waals surface area contributed by atoms with Crippen molar-refractivity contribution >= 4 is 23.9 Å². The van der Waals surface area contributed by atoms with E-state index in [2.05, 4.69) is 6.92 Å². The topological polar surface area (TPSA) is 135 Å². The van der Waals surface area contributed by atoms with Crippen molar-refractivity contribution in [3.8, 4) is 0 Å². The second-order valence-corrected chi connectivity index (χ2v) is 7.10. The van der Waals surface area contributed by atoms with Crippen molar-refractivity contribution in [2.24, 2.45) is 0 Å². The molecular weight excluding hydrogens is 400 g/mol. The molecule has 0 spiro atoms. The zero-order chi connectivity index (χ0) is 22.7. The van der Waals surface area contributed by atoms with Crippen LogP contribution in [-0.4, -0.2) is 66.3 Å². The van der Waals surface area contributed by atoms with Gasteiger partial charge in [0.2, 0.25) is 0 Å². The third-order valence-corrected chi connectivity index (χ3v) is 4.39. The van der Waals surface area contributed by atoms with E-state index in [-0.39, 0.29) is 6.61 Å². The standard InChI is InChI=1S/C20H32O10/c1-5-6-7-8-9-10-11-26-19(24)17-15(27-12(2)21)16(28-13(3)22)18(20(25)30-17)29-14(4)23/h15-18,20,25H,5-11H2,1-4H3/t15-,16-,17-,18+,20?/m0/s1. The predicted octanol–water partition coefficient (Wildman–Crippen LogP) is 1.40. The maximum atomic E-state index is 12.5. The van der Waals surface area contributed by atoms with Gasteiger partial charge in [-0.3, -0.25) is 14.4 Å². The van der Waals surface area contributed by atoms with Crippen LogP contribution in [0.4, 0.5) is 0 Å². The van der Waals surface area contributed by atoms with Crippen LogP contribution in [0.5, 0.6) is 0 Å². The lowest BCUT2D eigenvalue weighted by molar-refractivity contribution is -0.290. The van der Waals surface area contributed by atoms with E-state index in [1.54, 1.807) is 0 Å². The molecule has 1 fully saturated rings. The molecule has 0 aliphatic carbocycles. The van der Waals surface area contributed by atoms with Crippen molar-refractivity contribution in [2.45, 2.75) is 96.9 Å². The summed E-state index contributed by atoms with van der Waals surface area (Å²) < 4.78 is 25.6. The van der Waals surface area contributed by atoms with Crippen molar-refractivity contribution in [1.82, 2.24) is 0 Å². The highest BCUT2D eigenvalue weighted by Crippen LogP contribution is 2.28. The van der Waals surface area contributed by atoms with Gasteiger partial charge in [0.1, 0.15) is 0 Å². The quantitative estimate of drug-likeness (QED) is 0.290. The van der Waals surface area contributed by atoms with Gasteiger partial charge in [0.25, 0.3) is 0 Å². The highest BCUT2D eigenvalue weighted by atomic mass is 16.7. The lowest BCUT2D eigenvalue weighted by Crippen LogP contribution is -2.63. The molecule has 0 aromatic heterocycles. The van der Waals surface area contributed by atoms with Crippen molar-refractivity contribution in [3.63, 3.8) is 0 Å². The van der Waals surface area contributed by atoms with E-state index in [1.165, 1.54) is 0 Å². The Morgan fingerprint density at radius 2 is 1.27 bits per heavy atom. The second kappa shape index (κ2) is 13.2. The monoisotopic (exact) mass is 432 g/mol. The summed E-state index contributed by atoms with van der Waals surface area (Å²) in [6.07, 6.45) is -1.80. The lowest BCUT2D eigenvalue weighted by Gasteiger charge is -2.41. The van der Waals surface area contributed by atoms with Gasteiger partial charge in [-0.1, -0.05) is 39.0 Å². The number of hydrogen-bond acceptors (Lipinski definition) is 10. The van der Waals surface area contributed by atoms with Gasteiger partial charge in [-0.25, -0.2) is 4.79 Å². The van der Waals surface area contributed by atoms with Crippen LogP contribution >= 0.6 is 0 Å². The maximum Gasteiger partial charge on any atom is 0.339 e. The summed E-state index contributed by atoms with van der Waals surface area (Å²) >= 11 is 0. The summed E-state index contributed by atoms with van der Waals surface area (Å²) in [5, 5.41) is 10.2. The molecule has 10 nitrogen and oxygen atoms in total. The molecule has 1 rings (SSSR count). The maximum absolute atomic E-state index is 12.5. The molecule has 0 amide bonds.